The number of aliphatic hydroxyl groups is 1. The third kappa shape index (κ3) is 2.07. The van der Waals surface area contributed by atoms with Crippen LogP contribution in [0.15, 0.2) is 30.3 Å². The van der Waals surface area contributed by atoms with E-state index in [4.69, 9.17) is 5.11 Å². The van der Waals surface area contributed by atoms with Gasteiger partial charge in [-0.3, -0.25) is 0 Å². The lowest BCUT2D eigenvalue weighted by molar-refractivity contribution is 0.209. The minimum Gasteiger partial charge on any atom is -0.396 e. The molecule has 1 aromatic carbocycles. The molecule has 14 heavy (non-hydrogen) atoms. The molecule has 1 aromatic rings. The van der Waals surface area contributed by atoms with Crippen LogP contribution < -0.4 is 4.90 Å². The van der Waals surface area contributed by atoms with Crippen molar-refractivity contribution in [2.45, 2.75) is 12.8 Å². The fourth-order valence-corrected chi connectivity index (χ4v) is 2.09. The van der Waals surface area contributed by atoms with E-state index in [2.05, 4.69) is 29.2 Å². The number of para-hydroxylation sites is 1. The van der Waals surface area contributed by atoms with Gasteiger partial charge in [-0.15, -0.1) is 0 Å². The molecule has 0 aromatic heterocycles. The lowest BCUT2D eigenvalue weighted by Gasteiger charge is -2.33. The summed E-state index contributed by atoms with van der Waals surface area (Å²) in [5.41, 5.74) is 1.28. The standard InChI is InChI=1S/C12H17NO/c14-10-11-5-4-8-13(9-11)12-6-2-1-3-7-12/h1-3,6-7,11,14H,4-5,8-10H2/t11-/m1/s1. The van der Waals surface area contributed by atoms with Crippen LogP contribution in [0.25, 0.3) is 0 Å². The maximum absolute atomic E-state index is 9.13. The Labute approximate surface area is 85.2 Å². The van der Waals surface area contributed by atoms with Gasteiger partial charge in [-0.25, -0.2) is 0 Å². The van der Waals surface area contributed by atoms with E-state index in [1.165, 1.54) is 18.5 Å². The van der Waals surface area contributed by atoms with Gasteiger partial charge in [0.2, 0.25) is 0 Å². The molecule has 1 saturated heterocycles. The van der Waals surface area contributed by atoms with Crippen LogP contribution in [0, 0.1) is 5.92 Å². The molecule has 1 aliphatic rings. The van der Waals surface area contributed by atoms with Crippen molar-refractivity contribution in [2.24, 2.45) is 5.92 Å². The number of piperidine rings is 1. The van der Waals surface area contributed by atoms with Gasteiger partial charge in [0.25, 0.3) is 0 Å². The van der Waals surface area contributed by atoms with Crippen molar-refractivity contribution in [1.29, 1.82) is 0 Å². The average molecular weight is 191 g/mol. The fourth-order valence-electron chi connectivity index (χ4n) is 2.09. The predicted molar refractivity (Wildman–Crippen MR) is 58.5 cm³/mol. The zero-order valence-electron chi connectivity index (χ0n) is 8.39. The quantitative estimate of drug-likeness (QED) is 0.771. The fraction of sp³-hybridized carbons (Fsp3) is 0.500. The van der Waals surface area contributed by atoms with E-state index in [-0.39, 0.29) is 0 Å². The van der Waals surface area contributed by atoms with Crippen LogP contribution >= 0.6 is 0 Å². The average Bonchev–Trinajstić information content (AvgIpc) is 2.30. The summed E-state index contributed by atoms with van der Waals surface area (Å²) in [5.74, 6) is 0.462. The van der Waals surface area contributed by atoms with Crippen molar-refractivity contribution in [3.8, 4) is 0 Å². The normalized spacial score (nSPS) is 22.4. The van der Waals surface area contributed by atoms with Gasteiger partial charge >= 0.3 is 0 Å². The SMILES string of the molecule is OC[C@@H]1CCCN(c2ccccc2)C1. The van der Waals surface area contributed by atoms with Crippen molar-refractivity contribution in [3.63, 3.8) is 0 Å². The largest absolute Gasteiger partial charge is 0.396 e. The molecule has 1 aliphatic heterocycles. The Morgan fingerprint density at radius 1 is 1.29 bits per heavy atom. The monoisotopic (exact) mass is 191 g/mol. The molecule has 1 heterocycles. The summed E-state index contributed by atoms with van der Waals surface area (Å²) < 4.78 is 0. The molecule has 2 nitrogen and oxygen atoms in total. The molecular formula is C12H17NO. The number of hydrogen-bond acceptors (Lipinski definition) is 2. The van der Waals surface area contributed by atoms with Crippen molar-refractivity contribution >= 4 is 5.69 Å². The van der Waals surface area contributed by atoms with Crippen molar-refractivity contribution in [3.05, 3.63) is 30.3 Å². The summed E-state index contributed by atoms with van der Waals surface area (Å²) >= 11 is 0. The topological polar surface area (TPSA) is 23.5 Å². The number of anilines is 1. The molecule has 1 atom stereocenters. The van der Waals surface area contributed by atoms with Gasteiger partial charge in [0.15, 0.2) is 0 Å². The Balaban J connectivity index is 2.04. The van der Waals surface area contributed by atoms with Crippen molar-refractivity contribution in [1.82, 2.24) is 0 Å². The van der Waals surface area contributed by atoms with E-state index in [0.717, 1.165) is 13.1 Å². The van der Waals surface area contributed by atoms with Crippen LogP contribution in [0.2, 0.25) is 0 Å². The highest BCUT2D eigenvalue weighted by molar-refractivity contribution is 5.46. The van der Waals surface area contributed by atoms with Crippen LogP contribution in [0.3, 0.4) is 0 Å². The molecule has 0 radical (unpaired) electrons. The molecule has 2 heteroatoms. The zero-order chi connectivity index (χ0) is 9.80. The first-order valence-corrected chi connectivity index (χ1v) is 5.31. The Hall–Kier alpha value is -1.02. The Bertz CT molecular complexity index is 273. The first-order chi connectivity index (χ1) is 6.90. The van der Waals surface area contributed by atoms with Gasteiger partial charge in [0.1, 0.15) is 0 Å². The van der Waals surface area contributed by atoms with Crippen LogP contribution in [0.1, 0.15) is 12.8 Å². The van der Waals surface area contributed by atoms with E-state index < -0.39 is 0 Å². The molecule has 0 saturated carbocycles. The van der Waals surface area contributed by atoms with Gasteiger partial charge in [0.05, 0.1) is 0 Å². The van der Waals surface area contributed by atoms with Crippen LogP contribution in [0.4, 0.5) is 5.69 Å². The highest BCUT2D eigenvalue weighted by Gasteiger charge is 2.18. The van der Waals surface area contributed by atoms with Crippen LogP contribution in [0.5, 0.6) is 0 Å². The third-order valence-electron chi connectivity index (χ3n) is 2.90. The number of hydrogen-bond donors (Lipinski definition) is 1. The zero-order valence-corrected chi connectivity index (χ0v) is 8.39. The number of rotatable bonds is 2. The highest BCUT2D eigenvalue weighted by atomic mass is 16.3. The minimum absolute atomic E-state index is 0.323. The van der Waals surface area contributed by atoms with Crippen molar-refractivity contribution < 1.29 is 5.11 Å². The number of nitrogens with zero attached hydrogens (tertiary/aromatic N) is 1. The maximum atomic E-state index is 9.13. The van der Waals surface area contributed by atoms with Gasteiger partial charge in [-0.1, -0.05) is 18.2 Å². The first-order valence-electron chi connectivity index (χ1n) is 5.31. The summed E-state index contributed by atoms with van der Waals surface area (Å²) in [6.45, 7) is 2.45. The molecular weight excluding hydrogens is 174 g/mol. The molecule has 76 valence electrons. The molecule has 0 unspecified atom stereocenters. The van der Waals surface area contributed by atoms with Crippen molar-refractivity contribution in [2.75, 3.05) is 24.6 Å². The Kier molecular flexibility index (Phi) is 3.04. The minimum atomic E-state index is 0.323. The lowest BCUT2D eigenvalue weighted by atomic mass is 9.98. The van der Waals surface area contributed by atoms with E-state index in [1.54, 1.807) is 0 Å². The van der Waals surface area contributed by atoms with Crippen LogP contribution in [-0.4, -0.2) is 24.8 Å². The molecule has 1 N–H and O–H groups in total. The first kappa shape index (κ1) is 9.53. The molecule has 0 amide bonds. The molecule has 1 fully saturated rings. The number of aliphatic hydroxyl groups excluding tert-OH is 1. The van der Waals surface area contributed by atoms with E-state index in [9.17, 15) is 0 Å². The maximum Gasteiger partial charge on any atom is 0.0476 e. The molecule has 0 aliphatic carbocycles. The second kappa shape index (κ2) is 4.47. The second-order valence-corrected chi connectivity index (χ2v) is 3.97. The van der Waals surface area contributed by atoms with Gasteiger partial charge in [-0.2, -0.15) is 0 Å². The van der Waals surface area contributed by atoms with Gasteiger partial charge < -0.3 is 10.0 Å². The lowest BCUT2D eigenvalue weighted by Crippen LogP contribution is -2.36. The second-order valence-electron chi connectivity index (χ2n) is 3.97. The highest BCUT2D eigenvalue weighted by Crippen LogP contribution is 2.22. The van der Waals surface area contributed by atoms with E-state index in [0.29, 0.717) is 12.5 Å². The summed E-state index contributed by atoms with van der Waals surface area (Å²) in [6.07, 6.45) is 2.36. The number of benzene rings is 1. The van der Waals surface area contributed by atoms with E-state index >= 15 is 0 Å². The third-order valence-corrected chi connectivity index (χ3v) is 2.90. The van der Waals surface area contributed by atoms with Crippen LogP contribution in [-0.2, 0) is 0 Å². The smallest absolute Gasteiger partial charge is 0.0476 e. The Morgan fingerprint density at radius 2 is 2.07 bits per heavy atom. The summed E-state index contributed by atoms with van der Waals surface area (Å²) in [5, 5.41) is 9.13. The summed E-state index contributed by atoms with van der Waals surface area (Å²) in [6, 6.07) is 10.5. The van der Waals surface area contributed by atoms with Gasteiger partial charge in [0, 0.05) is 25.4 Å². The van der Waals surface area contributed by atoms with Gasteiger partial charge in [-0.05, 0) is 30.9 Å². The molecule has 0 spiro atoms. The summed E-state index contributed by atoms with van der Waals surface area (Å²) in [4.78, 5) is 2.37. The predicted octanol–water partition coefficient (Wildman–Crippen LogP) is 1.90. The van der Waals surface area contributed by atoms with E-state index in [1.807, 2.05) is 6.07 Å². The summed E-state index contributed by atoms with van der Waals surface area (Å²) in [7, 11) is 0. The Morgan fingerprint density at radius 3 is 2.79 bits per heavy atom. The molecule has 0 bridgehead atoms. The molecule has 2 rings (SSSR count).